The van der Waals surface area contributed by atoms with Crippen molar-refractivity contribution in [2.75, 3.05) is 13.1 Å². The normalized spacial score (nSPS) is 14.6. The Hall–Kier alpha value is -4.46. The van der Waals surface area contributed by atoms with Gasteiger partial charge >= 0.3 is 5.69 Å². The van der Waals surface area contributed by atoms with Gasteiger partial charge in [-0.1, -0.05) is 78.3 Å². The third-order valence-corrected chi connectivity index (χ3v) is 8.28. The van der Waals surface area contributed by atoms with Crippen molar-refractivity contribution in [3.63, 3.8) is 0 Å². The Morgan fingerprint density at radius 3 is 2.39 bits per heavy atom. The minimum atomic E-state index is -0.0129. The first-order valence-corrected chi connectivity index (χ1v) is 14.3. The van der Waals surface area contributed by atoms with Gasteiger partial charge in [0.25, 0.3) is 0 Å². The van der Waals surface area contributed by atoms with Gasteiger partial charge in [-0.05, 0) is 42.2 Å². The third kappa shape index (κ3) is 4.99. The number of benzene rings is 3. The van der Waals surface area contributed by atoms with Gasteiger partial charge in [0.2, 0.25) is 0 Å². The van der Waals surface area contributed by atoms with Crippen LogP contribution in [0.3, 0.4) is 0 Å². The number of fused-ring (bicyclic) bond motifs is 1. The number of piperidine rings is 1. The predicted molar refractivity (Wildman–Crippen MR) is 164 cm³/mol. The van der Waals surface area contributed by atoms with E-state index in [2.05, 4.69) is 62.3 Å². The zero-order valence-corrected chi connectivity index (χ0v) is 23.2. The molecule has 0 spiro atoms. The van der Waals surface area contributed by atoms with Gasteiger partial charge < -0.3 is 9.97 Å². The molecule has 0 amide bonds. The number of rotatable bonds is 6. The summed E-state index contributed by atoms with van der Waals surface area (Å²) in [5.41, 5.74) is 7.83. The van der Waals surface area contributed by atoms with Gasteiger partial charge in [-0.25, -0.2) is 14.8 Å². The maximum absolute atomic E-state index is 12.6. The van der Waals surface area contributed by atoms with Gasteiger partial charge in [-0.2, -0.15) is 0 Å². The van der Waals surface area contributed by atoms with Crippen molar-refractivity contribution in [2.45, 2.75) is 25.4 Å². The van der Waals surface area contributed by atoms with E-state index < -0.39 is 0 Å². The number of nitrogens with zero attached hydrogens (tertiary/aromatic N) is 4. The molecule has 1 fully saturated rings. The number of likely N-dealkylation sites (tertiary alicyclic amines) is 1. The molecule has 1 saturated heterocycles. The SMILES string of the molecule is O=c1[nH]c2ccccc2n1C1CCN(Cc2ccc(-c3nc(Cl)c(-c4ncc[nH]4)cc3-c3ccccc3)cc2)CC1. The smallest absolute Gasteiger partial charge is 0.326 e. The molecule has 6 aromatic rings. The molecule has 3 aromatic heterocycles. The summed E-state index contributed by atoms with van der Waals surface area (Å²) in [6.07, 6.45) is 5.39. The molecule has 0 bridgehead atoms. The molecular formula is C33H29ClN6O. The zero-order chi connectivity index (χ0) is 27.8. The Morgan fingerprint density at radius 2 is 1.63 bits per heavy atom. The molecule has 4 heterocycles. The summed E-state index contributed by atoms with van der Waals surface area (Å²) >= 11 is 6.68. The number of nitrogens with one attached hydrogen (secondary N) is 2. The highest BCUT2D eigenvalue weighted by Crippen LogP contribution is 2.37. The van der Waals surface area contributed by atoms with E-state index in [1.165, 1.54) is 5.56 Å². The number of halogens is 1. The first kappa shape index (κ1) is 25.5. The van der Waals surface area contributed by atoms with Crippen molar-refractivity contribution < 1.29 is 0 Å². The van der Waals surface area contributed by atoms with E-state index in [1.807, 2.05) is 47.0 Å². The van der Waals surface area contributed by atoms with Crippen LogP contribution >= 0.6 is 11.6 Å². The van der Waals surface area contributed by atoms with Crippen LogP contribution in [0, 0.1) is 0 Å². The fraction of sp³-hybridized carbons (Fsp3) is 0.182. The maximum atomic E-state index is 12.6. The lowest BCUT2D eigenvalue weighted by Gasteiger charge is -2.32. The van der Waals surface area contributed by atoms with Gasteiger partial charge in [0.1, 0.15) is 11.0 Å². The molecule has 1 aliphatic rings. The summed E-state index contributed by atoms with van der Waals surface area (Å²) in [4.78, 5) is 30.5. The highest BCUT2D eigenvalue weighted by molar-refractivity contribution is 6.32. The van der Waals surface area contributed by atoms with E-state index in [1.54, 1.807) is 12.4 Å². The molecule has 204 valence electrons. The fourth-order valence-electron chi connectivity index (χ4n) is 5.93. The molecule has 0 aliphatic carbocycles. The first-order chi connectivity index (χ1) is 20.1. The number of imidazole rings is 2. The summed E-state index contributed by atoms with van der Waals surface area (Å²) in [7, 11) is 0. The summed E-state index contributed by atoms with van der Waals surface area (Å²) in [5, 5.41) is 0.413. The van der Waals surface area contributed by atoms with E-state index in [4.69, 9.17) is 16.6 Å². The van der Waals surface area contributed by atoms with Crippen LogP contribution in [0.2, 0.25) is 5.15 Å². The van der Waals surface area contributed by atoms with Crippen molar-refractivity contribution in [3.05, 3.63) is 119 Å². The van der Waals surface area contributed by atoms with Gasteiger partial charge in [0, 0.05) is 49.2 Å². The standard InChI is InChI=1S/C33H29ClN6O/c34-31-27(32-35-16-17-36-32)20-26(23-6-2-1-3-7-23)30(38-31)24-12-10-22(11-13-24)21-39-18-14-25(15-19-39)40-29-9-5-4-8-28(29)37-33(40)41/h1-13,16-17,20,25H,14-15,18-19,21H2,(H,35,36)(H,37,41). The van der Waals surface area contributed by atoms with Crippen LogP contribution < -0.4 is 5.69 Å². The Labute approximate surface area is 242 Å². The highest BCUT2D eigenvalue weighted by Gasteiger charge is 2.24. The van der Waals surface area contributed by atoms with E-state index in [-0.39, 0.29) is 11.7 Å². The fourth-order valence-corrected chi connectivity index (χ4v) is 6.15. The zero-order valence-electron chi connectivity index (χ0n) is 22.4. The summed E-state index contributed by atoms with van der Waals surface area (Å²) in [5.74, 6) is 0.694. The van der Waals surface area contributed by atoms with Crippen LogP contribution in [-0.2, 0) is 6.54 Å². The van der Waals surface area contributed by atoms with Crippen molar-refractivity contribution in [1.82, 2.24) is 29.4 Å². The van der Waals surface area contributed by atoms with Crippen LogP contribution in [0.5, 0.6) is 0 Å². The molecule has 2 N–H and O–H groups in total. The van der Waals surface area contributed by atoms with E-state index in [0.717, 1.165) is 71.5 Å². The maximum Gasteiger partial charge on any atom is 0.326 e. The lowest BCUT2D eigenvalue weighted by molar-refractivity contribution is 0.180. The molecule has 0 radical (unpaired) electrons. The average Bonchev–Trinajstić information content (AvgIpc) is 3.66. The summed E-state index contributed by atoms with van der Waals surface area (Å²) in [6, 6.07) is 29.1. The molecular weight excluding hydrogens is 532 g/mol. The van der Waals surface area contributed by atoms with E-state index in [9.17, 15) is 4.79 Å². The molecule has 8 heteroatoms. The number of H-pyrrole nitrogens is 2. The van der Waals surface area contributed by atoms with Crippen molar-refractivity contribution >= 4 is 22.6 Å². The molecule has 1 aliphatic heterocycles. The van der Waals surface area contributed by atoms with Gasteiger partial charge in [-0.15, -0.1) is 0 Å². The predicted octanol–water partition coefficient (Wildman–Crippen LogP) is 6.94. The number of hydrogen-bond acceptors (Lipinski definition) is 4. The topological polar surface area (TPSA) is 82.6 Å². The second-order valence-corrected chi connectivity index (χ2v) is 10.9. The summed E-state index contributed by atoms with van der Waals surface area (Å²) < 4.78 is 1.95. The molecule has 0 atom stereocenters. The third-order valence-electron chi connectivity index (χ3n) is 7.99. The van der Waals surface area contributed by atoms with Crippen LogP contribution in [0.1, 0.15) is 24.4 Å². The highest BCUT2D eigenvalue weighted by atomic mass is 35.5. The van der Waals surface area contributed by atoms with Crippen LogP contribution in [0.4, 0.5) is 0 Å². The monoisotopic (exact) mass is 560 g/mol. The molecule has 41 heavy (non-hydrogen) atoms. The van der Waals surface area contributed by atoms with Gasteiger partial charge in [-0.3, -0.25) is 9.47 Å². The molecule has 3 aromatic carbocycles. The number of aromatic nitrogens is 5. The lowest BCUT2D eigenvalue weighted by atomic mass is 9.97. The molecule has 0 unspecified atom stereocenters. The number of para-hydroxylation sites is 2. The molecule has 7 nitrogen and oxygen atoms in total. The summed E-state index contributed by atoms with van der Waals surface area (Å²) in [6.45, 7) is 2.76. The Bertz CT molecular complexity index is 1850. The lowest BCUT2D eigenvalue weighted by Crippen LogP contribution is -2.36. The van der Waals surface area contributed by atoms with Crippen molar-refractivity contribution in [1.29, 1.82) is 0 Å². The van der Waals surface area contributed by atoms with Gasteiger partial charge in [0.15, 0.2) is 0 Å². The van der Waals surface area contributed by atoms with Crippen LogP contribution in [0.15, 0.2) is 102 Å². The van der Waals surface area contributed by atoms with E-state index >= 15 is 0 Å². The van der Waals surface area contributed by atoms with Crippen LogP contribution in [0.25, 0.3) is 44.8 Å². The second kappa shape index (κ2) is 10.8. The molecule has 0 saturated carbocycles. The Morgan fingerprint density at radius 1 is 0.878 bits per heavy atom. The first-order valence-electron chi connectivity index (χ1n) is 13.9. The molecule has 7 rings (SSSR count). The van der Waals surface area contributed by atoms with Gasteiger partial charge in [0.05, 0.1) is 22.3 Å². The minimum absolute atomic E-state index is 0.0129. The van der Waals surface area contributed by atoms with Crippen molar-refractivity contribution in [2.24, 2.45) is 0 Å². The minimum Gasteiger partial charge on any atom is -0.345 e. The Balaban J connectivity index is 1.10. The number of hydrogen-bond donors (Lipinski definition) is 2. The quantitative estimate of drug-likeness (QED) is 0.216. The average molecular weight is 561 g/mol. The Kier molecular flexibility index (Phi) is 6.74. The van der Waals surface area contributed by atoms with Crippen molar-refractivity contribution in [3.8, 4) is 33.8 Å². The number of aromatic amines is 2. The van der Waals surface area contributed by atoms with Crippen LogP contribution in [-0.4, -0.2) is 42.5 Å². The second-order valence-electron chi connectivity index (χ2n) is 10.5. The largest absolute Gasteiger partial charge is 0.345 e. The van der Waals surface area contributed by atoms with E-state index in [0.29, 0.717) is 11.0 Å². The number of pyridine rings is 1.